The fourth-order valence-corrected chi connectivity index (χ4v) is 3.85. The highest BCUT2D eigenvalue weighted by atomic mass is 16.5. The van der Waals surface area contributed by atoms with Gasteiger partial charge in [-0.3, -0.25) is 4.79 Å². The van der Waals surface area contributed by atoms with Gasteiger partial charge in [-0.15, -0.1) is 0 Å². The van der Waals surface area contributed by atoms with Crippen LogP contribution in [0.4, 0.5) is 0 Å². The molecule has 7 heteroatoms. The standard InChI is InChI=1S/C22H26N4O3/c1-28-16-22(9-11-23-12-10-22)15-24-21(27)19-14-18(20-8-5-13-29-20)25-26(19)17-6-3-2-4-7-17/h2-8,13-14,23H,9-12,15-16H2,1H3,(H,24,27). The number of nitrogens with zero attached hydrogens (tertiary/aromatic N) is 2. The van der Waals surface area contributed by atoms with Crippen LogP contribution >= 0.6 is 0 Å². The summed E-state index contributed by atoms with van der Waals surface area (Å²) in [6.07, 6.45) is 3.54. The van der Waals surface area contributed by atoms with Crippen LogP contribution in [0.1, 0.15) is 23.3 Å². The quantitative estimate of drug-likeness (QED) is 0.644. The van der Waals surface area contributed by atoms with Crippen LogP contribution in [0.25, 0.3) is 17.1 Å². The number of carbonyl (C=O) groups excluding carboxylic acids is 1. The van der Waals surface area contributed by atoms with Crippen molar-refractivity contribution in [2.75, 3.05) is 33.4 Å². The second-order valence-corrected chi connectivity index (χ2v) is 7.51. The third-order valence-electron chi connectivity index (χ3n) is 5.46. The van der Waals surface area contributed by atoms with Crippen LogP contribution in [0.15, 0.2) is 59.2 Å². The van der Waals surface area contributed by atoms with E-state index in [0.717, 1.165) is 31.6 Å². The molecule has 0 aliphatic carbocycles. The lowest BCUT2D eigenvalue weighted by Crippen LogP contribution is -2.47. The van der Waals surface area contributed by atoms with Crippen molar-refractivity contribution < 1.29 is 13.9 Å². The van der Waals surface area contributed by atoms with Gasteiger partial charge < -0.3 is 19.8 Å². The van der Waals surface area contributed by atoms with Gasteiger partial charge in [-0.1, -0.05) is 18.2 Å². The summed E-state index contributed by atoms with van der Waals surface area (Å²) in [4.78, 5) is 13.2. The van der Waals surface area contributed by atoms with Crippen molar-refractivity contribution in [2.45, 2.75) is 12.8 Å². The number of methoxy groups -OCH3 is 1. The summed E-state index contributed by atoms with van der Waals surface area (Å²) in [7, 11) is 1.71. The Morgan fingerprint density at radius 3 is 2.72 bits per heavy atom. The van der Waals surface area contributed by atoms with Crippen LogP contribution in [0.5, 0.6) is 0 Å². The molecule has 1 aliphatic rings. The second-order valence-electron chi connectivity index (χ2n) is 7.51. The van der Waals surface area contributed by atoms with Gasteiger partial charge in [0.2, 0.25) is 0 Å². The van der Waals surface area contributed by atoms with Crippen molar-refractivity contribution >= 4 is 5.91 Å². The number of aromatic nitrogens is 2. The van der Waals surface area contributed by atoms with Gasteiger partial charge >= 0.3 is 0 Å². The van der Waals surface area contributed by atoms with E-state index in [1.807, 2.05) is 42.5 Å². The van der Waals surface area contributed by atoms with Crippen molar-refractivity contribution in [1.29, 1.82) is 0 Å². The van der Waals surface area contributed by atoms with Crippen molar-refractivity contribution in [3.05, 3.63) is 60.5 Å². The first-order chi connectivity index (χ1) is 14.2. The van der Waals surface area contributed by atoms with Crippen LogP contribution < -0.4 is 10.6 Å². The molecule has 1 aliphatic heterocycles. The molecule has 0 spiro atoms. The maximum absolute atomic E-state index is 13.2. The Kier molecular flexibility index (Phi) is 5.78. The predicted octanol–water partition coefficient (Wildman–Crippen LogP) is 2.88. The number of nitrogens with one attached hydrogen (secondary N) is 2. The smallest absolute Gasteiger partial charge is 0.270 e. The van der Waals surface area contributed by atoms with Gasteiger partial charge in [-0.05, 0) is 50.2 Å². The molecular formula is C22H26N4O3. The maximum atomic E-state index is 13.2. The Morgan fingerprint density at radius 2 is 2.03 bits per heavy atom. The summed E-state index contributed by atoms with van der Waals surface area (Å²) in [5.74, 6) is 0.469. The van der Waals surface area contributed by atoms with E-state index in [2.05, 4.69) is 15.7 Å². The lowest BCUT2D eigenvalue weighted by atomic mass is 9.79. The van der Waals surface area contributed by atoms with Crippen molar-refractivity contribution in [2.24, 2.45) is 5.41 Å². The van der Waals surface area contributed by atoms with E-state index in [4.69, 9.17) is 9.15 Å². The van der Waals surface area contributed by atoms with Crippen LogP contribution in [0.3, 0.4) is 0 Å². The van der Waals surface area contributed by atoms with Crippen LogP contribution in [-0.2, 0) is 4.74 Å². The number of benzene rings is 1. The average molecular weight is 394 g/mol. The van der Waals surface area contributed by atoms with Crippen molar-refractivity contribution in [3.8, 4) is 17.1 Å². The minimum absolute atomic E-state index is 0.0445. The highest BCUT2D eigenvalue weighted by molar-refractivity contribution is 5.94. The molecule has 152 valence electrons. The Balaban J connectivity index is 1.60. The number of hydrogen-bond donors (Lipinski definition) is 2. The molecule has 0 atom stereocenters. The molecule has 3 heterocycles. The van der Waals surface area contributed by atoms with E-state index >= 15 is 0 Å². The maximum Gasteiger partial charge on any atom is 0.270 e. The molecule has 4 rings (SSSR count). The first kappa shape index (κ1) is 19.4. The van der Waals surface area contributed by atoms with Gasteiger partial charge in [0.15, 0.2) is 5.76 Å². The van der Waals surface area contributed by atoms with Gasteiger partial charge in [0.25, 0.3) is 5.91 Å². The largest absolute Gasteiger partial charge is 0.463 e. The molecule has 7 nitrogen and oxygen atoms in total. The summed E-state index contributed by atoms with van der Waals surface area (Å²) in [6.45, 7) is 3.07. The zero-order chi connectivity index (χ0) is 20.1. The summed E-state index contributed by atoms with van der Waals surface area (Å²) in [6, 6.07) is 15.0. The third-order valence-corrected chi connectivity index (χ3v) is 5.46. The number of carbonyl (C=O) groups is 1. The van der Waals surface area contributed by atoms with Crippen LogP contribution in [0.2, 0.25) is 0 Å². The van der Waals surface area contributed by atoms with Crippen molar-refractivity contribution in [1.82, 2.24) is 20.4 Å². The minimum atomic E-state index is -0.159. The Bertz CT molecular complexity index is 923. The molecule has 0 bridgehead atoms. The van der Waals surface area contributed by atoms with Gasteiger partial charge in [0.1, 0.15) is 11.4 Å². The third kappa shape index (κ3) is 4.26. The van der Waals surface area contributed by atoms with E-state index in [-0.39, 0.29) is 11.3 Å². The molecule has 1 aromatic carbocycles. The monoisotopic (exact) mass is 394 g/mol. The van der Waals surface area contributed by atoms with Crippen LogP contribution in [0, 0.1) is 5.41 Å². The normalized spacial score (nSPS) is 15.9. The number of furan rings is 1. The molecule has 2 N–H and O–H groups in total. The Labute approximate surface area is 170 Å². The molecule has 29 heavy (non-hydrogen) atoms. The molecule has 3 aromatic rings. The first-order valence-corrected chi connectivity index (χ1v) is 9.88. The number of ether oxygens (including phenoxy) is 1. The molecule has 1 saturated heterocycles. The predicted molar refractivity (Wildman–Crippen MR) is 110 cm³/mol. The molecular weight excluding hydrogens is 368 g/mol. The lowest BCUT2D eigenvalue weighted by molar-refractivity contribution is 0.0510. The number of piperidine rings is 1. The van der Waals surface area contributed by atoms with Crippen molar-refractivity contribution in [3.63, 3.8) is 0 Å². The number of amides is 1. The number of para-hydroxylation sites is 1. The zero-order valence-corrected chi connectivity index (χ0v) is 16.6. The van der Waals surface area contributed by atoms with Gasteiger partial charge in [0, 0.05) is 25.1 Å². The van der Waals surface area contributed by atoms with Crippen LogP contribution in [-0.4, -0.2) is 49.0 Å². The minimum Gasteiger partial charge on any atom is -0.463 e. The SMILES string of the molecule is COCC1(CNC(=O)c2cc(-c3ccco3)nn2-c2ccccc2)CCNCC1. The van der Waals surface area contributed by atoms with Gasteiger partial charge in [0.05, 0.1) is 18.6 Å². The summed E-state index contributed by atoms with van der Waals surface area (Å²) in [5.41, 5.74) is 1.88. The summed E-state index contributed by atoms with van der Waals surface area (Å²) in [5, 5.41) is 11.1. The summed E-state index contributed by atoms with van der Waals surface area (Å²) >= 11 is 0. The molecule has 1 fully saturated rings. The van der Waals surface area contributed by atoms with E-state index in [0.29, 0.717) is 30.3 Å². The first-order valence-electron chi connectivity index (χ1n) is 9.88. The van der Waals surface area contributed by atoms with E-state index < -0.39 is 0 Å². The van der Waals surface area contributed by atoms with Gasteiger partial charge in [-0.25, -0.2) is 4.68 Å². The Morgan fingerprint density at radius 1 is 1.24 bits per heavy atom. The Hall–Kier alpha value is -2.90. The number of rotatable bonds is 7. The second kappa shape index (κ2) is 8.63. The highest BCUT2D eigenvalue weighted by Crippen LogP contribution is 2.28. The zero-order valence-electron chi connectivity index (χ0n) is 16.6. The molecule has 2 aromatic heterocycles. The van der Waals surface area contributed by atoms with Gasteiger partial charge in [-0.2, -0.15) is 5.10 Å². The topological polar surface area (TPSA) is 81.3 Å². The highest BCUT2D eigenvalue weighted by Gasteiger charge is 2.33. The van der Waals surface area contributed by atoms with E-state index in [1.54, 1.807) is 24.1 Å². The molecule has 0 radical (unpaired) electrons. The molecule has 1 amide bonds. The van der Waals surface area contributed by atoms with E-state index in [9.17, 15) is 4.79 Å². The summed E-state index contributed by atoms with van der Waals surface area (Å²) < 4.78 is 12.6. The number of hydrogen-bond acceptors (Lipinski definition) is 5. The molecule has 0 unspecified atom stereocenters. The fraction of sp³-hybridized carbons (Fsp3) is 0.364. The molecule has 0 saturated carbocycles. The average Bonchev–Trinajstić information content (AvgIpc) is 3.44. The van der Waals surface area contributed by atoms with E-state index in [1.165, 1.54) is 0 Å². The lowest BCUT2D eigenvalue weighted by Gasteiger charge is -2.37. The fourth-order valence-electron chi connectivity index (χ4n) is 3.85.